The first-order valence-electron chi connectivity index (χ1n) is 6.00. The number of hydrogen-bond donors (Lipinski definition) is 0. The molecule has 0 aliphatic heterocycles. The predicted molar refractivity (Wildman–Crippen MR) is 75.0 cm³/mol. The van der Waals surface area contributed by atoms with Crippen molar-refractivity contribution in [2.24, 2.45) is 0 Å². The number of alkyl halides is 3. The van der Waals surface area contributed by atoms with Crippen LogP contribution in [0.2, 0.25) is 0 Å². The Morgan fingerprint density at radius 3 is 2.45 bits per heavy atom. The fraction of sp³-hybridized carbons (Fsp3) is 0.143. The molecule has 0 N–H and O–H groups in total. The average Bonchev–Trinajstić information content (AvgIpc) is 2.85. The van der Waals surface area contributed by atoms with Gasteiger partial charge < -0.3 is 9.47 Å². The van der Waals surface area contributed by atoms with E-state index >= 15 is 0 Å². The normalized spacial score (nSPS) is 11.6. The number of allylic oxidation sites excluding steroid dienone is 1. The Labute approximate surface area is 127 Å². The number of halogens is 3. The van der Waals surface area contributed by atoms with E-state index < -0.39 is 6.36 Å². The summed E-state index contributed by atoms with van der Waals surface area (Å²) in [5, 5.41) is 2.00. The van der Waals surface area contributed by atoms with E-state index in [-0.39, 0.29) is 11.5 Å². The number of ketones is 1. The first kappa shape index (κ1) is 16.0. The van der Waals surface area contributed by atoms with Gasteiger partial charge >= 0.3 is 6.36 Å². The SMILES string of the molecule is CC(=O)/C=C/c1csc(Oc2ccc(OC(F)(F)F)cc2)n1. The Hall–Kier alpha value is -2.35. The van der Waals surface area contributed by atoms with Crippen LogP contribution in [0.4, 0.5) is 13.2 Å². The van der Waals surface area contributed by atoms with E-state index in [4.69, 9.17) is 4.74 Å². The third-order valence-corrected chi connectivity index (χ3v) is 2.99. The highest BCUT2D eigenvalue weighted by Crippen LogP contribution is 2.29. The van der Waals surface area contributed by atoms with Crippen LogP contribution in [0.15, 0.2) is 35.7 Å². The summed E-state index contributed by atoms with van der Waals surface area (Å²) in [7, 11) is 0. The lowest BCUT2D eigenvalue weighted by Gasteiger charge is -2.09. The van der Waals surface area contributed by atoms with Crippen molar-refractivity contribution in [3.8, 4) is 16.7 Å². The topological polar surface area (TPSA) is 48.4 Å². The van der Waals surface area contributed by atoms with Crippen LogP contribution in [0.3, 0.4) is 0 Å². The third-order valence-electron chi connectivity index (χ3n) is 2.25. The lowest BCUT2D eigenvalue weighted by Crippen LogP contribution is -2.16. The minimum Gasteiger partial charge on any atom is -0.431 e. The molecule has 116 valence electrons. The van der Waals surface area contributed by atoms with E-state index in [9.17, 15) is 18.0 Å². The molecule has 1 aromatic carbocycles. The summed E-state index contributed by atoms with van der Waals surface area (Å²) in [6.07, 6.45) is -1.80. The molecule has 0 aliphatic rings. The van der Waals surface area contributed by atoms with Gasteiger partial charge in [0.2, 0.25) is 0 Å². The van der Waals surface area contributed by atoms with Crippen LogP contribution < -0.4 is 9.47 Å². The minimum absolute atomic E-state index is 0.101. The van der Waals surface area contributed by atoms with Crippen molar-refractivity contribution in [1.29, 1.82) is 0 Å². The van der Waals surface area contributed by atoms with E-state index in [0.717, 1.165) is 12.1 Å². The summed E-state index contributed by atoms with van der Waals surface area (Å²) in [6.45, 7) is 1.42. The van der Waals surface area contributed by atoms with Gasteiger partial charge in [0.15, 0.2) is 5.78 Å². The molecule has 1 aromatic heterocycles. The molecule has 8 heteroatoms. The van der Waals surface area contributed by atoms with E-state index in [1.807, 2.05) is 0 Å². The zero-order valence-electron chi connectivity index (χ0n) is 11.3. The number of carbonyl (C=O) groups excluding carboxylic acids is 1. The summed E-state index contributed by atoms with van der Waals surface area (Å²) in [5.74, 6) is -0.106. The number of hydrogen-bond acceptors (Lipinski definition) is 5. The zero-order chi connectivity index (χ0) is 16.2. The second-order valence-corrected chi connectivity index (χ2v) is 4.92. The van der Waals surface area contributed by atoms with E-state index in [0.29, 0.717) is 16.6 Å². The Morgan fingerprint density at radius 1 is 1.23 bits per heavy atom. The first-order chi connectivity index (χ1) is 10.3. The summed E-state index contributed by atoms with van der Waals surface area (Å²) < 4.78 is 45.2. The molecule has 2 rings (SSSR count). The van der Waals surface area contributed by atoms with Crippen molar-refractivity contribution in [2.45, 2.75) is 13.3 Å². The quantitative estimate of drug-likeness (QED) is 0.761. The molecule has 0 fully saturated rings. The molecule has 4 nitrogen and oxygen atoms in total. The second-order valence-electron chi connectivity index (χ2n) is 4.10. The summed E-state index contributed by atoms with van der Waals surface area (Å²) >= 11 is 1.20. The molecule has 22 heavy (non-hydrogen) atoms. The first-order valence-corrected chi connectivity index (χ1v) is 6.87. The number of ether oxygens (including phenoxy) is 2. The summed E-state index contributed by atoms with van der Waals surface area (Å²) in [5.41, 5.74) is 0.562. The van der Waals surface area contributed by atoms with Crippen LogP contribution >= 0.6 is 11.3 Å². The summed E-state index contributed by atoms with van der Waals surface area (Å²) in [4.78, 5) is 14.9. The molecular formula is C14H10F3NO3S. The molecule has 2 aromatic rings. The highest BCUT2D eigenvalue weighted by molar-refractivity contribution is 7.11. The number of benzene rings is 1. The number of thiazole rings is 1. The van der Waals surface area contributed by atoms with Gasteiger partial charge in [-0.05, 0) is 43.3 Å². The van der Waals surface area contributed by atoms with Crippen LogP contribution in [0.1, 0.15) is 12.6 Å². The van der Waals surface area contributed by atoms with Crippen molar-refractivity contribution < 1.29 is 27.4 Å². The van der Waals surface area contributed by atoms with Crippen molar-refractivity contribution in [2.75, 3.05) is 0 Å². The standard InChI is InChI=1S/C14H10F3NO3S/c1-9(19)2-3-10-8-22-13(18-10)20-11-4-6-12(7-5-11)21-14(15,16)17/h2-8H,1H3/b3-2+. The Bertz CT molecular complexity index is 677. The van der Waals surface area contributed by atoms with Crippen molar-refractivity contribution in [3.63, 3.8) is 0 Å². The van der Waals surface area contributed by atoms with Crippen LogP contribution in [0, 0.1) is 0 Å². The van der Waals surface area contributed by atoms with Gasteiger partial charge in [-0.2, -0.15) is 0 Å². The van der Waals surface area contributed by atoms with Crippen LogP contribution in [0.25, 0.3) is 6.08 Å². The lowest BCUT2D eigenvalue weighted by atomic mass is 10.3. The highest BCUT2D eigenvalue weighted by atomic mass is 32.1. The predicted octanol–water partition coefficient (Wildman–Crippen LogP) is 4.44. The fourth-order valence-electron chi connectivity index (χ4n) is 1.41. The maximum atomic E-state index is 12.0. The molecule has 1 heterocycles. The second kappa shape index (κ2) is 6.61. The highest BCUT2D eigenvalue weighted by Gasteiger charge is 2.30. The Kier molecular flexibility index (Phi) is 4.81. The van der Waals surface area contributed by atoms with Crippen molar-refractivity contribution in [3.05, 3.63) is 41.4 Å². The molecule has 0 amide bonds. The van der Waals surface area contributed by atoms with Crippen LogP contribution in [-0.2, 0) is 4.79 Å². The van der Waals surface area contributed by atoms with Gasteiger partial charge in [-0.15, -0.1) is 13.2 Å². The van der Waals surface area contributed by atoms with Crippen molar-refractivity contribution >= 4 is 23.2 Å². The van der Waals surface area contributed by atoms with Gasteiger partial charge in [-0.25, -0.2) is 4.98 Å². The minimum atomic E-state index is -4.73. The zero-order valence-corrected chi connectivity index (χ0v) is 12.1. The molecule has 0 bridgehead atoms. The number of rotatable bonds is 5. The number of nitrogens with zero attached hydrogens (tertiary/aromatic N) is 1. The lowest BCUT2D eigenvalue weighted by molar-refractivity contribution is -0.274. The largest absolute Gasteiger partial charge is 0.573 e. The average molecular weight is 329 g/mol. The smallest absolute Gasteiger partial charge is 0.431 e. The molecule has 0 spiro atoms. The fourth-order valence-corrected chi connectivity index (χ4v) is 2.06. The van der Waals surface area contributed by atoms with E-state index in [1.165, 1.54) is 36.5 Å². The molecule has 0 radical (unpaired) electrons. The van der Waals surface area contributed by atoms with Gasteiger partial charge in [-0.3, -0.25) is 4.79 Å². The third kappa shape index (κ3) is 5.21. The van der Waals surface area contributed by atoms with Crippen LogP contribution in [0.5, 0.6) is 16.7 Å². The molecule has 0 saturated carbocycles. The van der Waals surface area contributed by atoms with Gasteiger partial charge in [-0.1, -0.05) is 11.3 Å². The van der Waals surface area contributed by atoms with Crippen LogP contribution in [-0.4, -0.2) is 17.1 Å². The molecule has 0 saturated heterocycles. The maximum Gasteiger partial charge on any atom is 0.573 e. The maximum absolute atomic E-state index is 12.0. The van der Waals surface area contributed by atoms with Crippen molar-refractivity contribution in [1.82, 2.24) is 4.98 Å². The number of carbonyl (C=O) groups is 1. The van der Waals surface area contributed by atoms with Gasteiger partial charge in [0.1, 0.15) is 11.5 Å². The van der Waals surface area contributed by atoms with Gasteiger partial charge in [0.25, 0.3) is 5.19 Å². The van der Waals surface area contributed by atoms with Gasteiger partial charge in [0.05, 0.1) is 5.69 Å². The molecule has 0 aliphatic carbocycles. The molecule has 0 unspecified atom stereocenters. The molecular weight excluding hydrogens is 319 g/mol. The van der Waals surface area contributed by atoms with E-state index in [1.54, 1.807) is 11.5 Å². The summed E-state index contributed by atoms with van der Waals surface area (Å²) in [6, 6.07) is 4.97. The monoisotopic (exact) mass is 329 g/mol. The molecule has 0 atom stereocenters. The van der Waals surface area contributed by atoms with Gasteiger partial charge in [0, 0.05) is 5.38 Å². The number of aromatic nitrogens is 1. The Balaban J connectivity index is 2.00. The van der Waals surface area contributed by atoms with E-state index in [2.05, 4.69) is 9.72 Å². The Morgan fingerprint density at radius 2 is 1.86 bits per heavy atom.